The zero-order valence-corrected chi connectivity index (χ0v) is 16.4. The van der Waals surface area contributed by atoms with Gasteiger partial charge in [-0.2, -0.15) is 0 Å². The first-order valence-corrected chi connectivity index (χ1v) is 10.7. The smallest absolute Gasteiger partial charge is 0.228 e. The number of nitrogens with one attached hydrogen (secondary N) is 2. The largest absolute Gasteiger partial charge is 0.324 e. The molecule has 0 radical (unpaired) electrons. The van der Waals surface area contributed by atoms with E-state index in [1.54, 1.807) is 42.2 Å². The molecule has 0 aliphatic carbocycles. The average Bonchev–Trinajstić information content (AvgIpc) is 2.50. The highest BCUT2D eigenvalue weighted by Gasteiger charge is 2.10. The fraction of sp³-hybridized carbons (Fsp3) is 0.333. The molecule has 23 heavy (non-hydrogen) atoms. The van der Waals surface area contributed by atoms with Crippen molar-refractivity contribution in [2.24, 2.45) is 0 Å². The number of thioether (sulfide) groups is 1. The highest BCUT2D eigenvalue weighted by Crippen LogP contribution is 2.30. The van der Waals surface area contributed by atoms with E-state index in [4.69, 9.17) is 4.78 Å². The van der Waals surface area contributed by atoms with Gasteiger partial charge in [-0.1, -0.05) is 13.8 Å². The van der Waals surface area contributed by atoms with Crippen molar-refractivity contribution in [1.82, 2.24) is 9.97 Å². The van der Waals surface area contributed by atoms with E-state index in [9.17, 15) is 4.21 Å². The topological polar surface area (TPSA) is 78.7 Å². The highest BCUT2D eigenvalue weighted by atomic mass is 79.9. The van der Waals surface area contributed by atoms with Gasteiger partial charge in [-0.25, -0.2) is 19.0 Å². The molecular weight excluding hydrogens is 396 g/mol. The number of rotatable bonds is 6. The summed E-state index contributed by atoms with van der Waals surface area (Å²) in [5, 5.41) is 4.51. The quantitative estimate of drug-likeness (QED) is 0.518. The van der Waals surface area contributed by atoms with Crippen molar-refractivity contribution in [3.63, 3.8) is 0 Å². The standard InChI is InChI=1S/C15H19BrN4OS2/c1-4-10(2)22-14-13(16)9-18-15(20-14)19-11-5-7-12(8-6-11)23(3,17)21/h5-10,17H,4H2,1-3H3,(H,18,19,20). The first-order chi connectivity index (χ1) is 10.8. The van der Waals surface area contributed by atoms with Crippen molar-refractivity contribution in [2.45, 2.75) is 35.4 Å². The molecule has 2 unspecified atom stereocenters. The molecule has 5 nitrogen and oxygen atoms in total. The third-order valence-electron chi connectivity index (χ3n) is 3.16. The van der Waals surface area contributed by atoms with Crippen molar-refractivity contribution in [2.75, 3.05) is 11.6 Å². The molecule has 0 amide bonds. The summed E-state index contributed by atoms with van der Waals surface area (Å²) < 4.78 is 20.1. The van der Waals surface area contributed by atoms with E-state index in [0.717, 1.165) is 21.6 Å². The molecule has 0 saturated heterocycles. The summed E-state index contributed by atoms with van der Waals surface area (Å²) in [4.78, 5) is 9.30. The maximum atomic E-state index is 11.7. The summed E-state index contributed by atoms with van der Waals surface area (Å²) in [6, 6.07) is 6.93. The molecule has 2 aromatic rings. The molecule has 0 saturated carbocycles. The predicted molar refractivity (Wildman–Crippen MR) is 100 cm³/mol. The van der Waals surface area contributed by atoms with E-state index in [1.807, 2.05) is 0 Å². The van der Waals surface area contributed by atoms with E-state index < -0.39 is 9.73 Å². The Kier molecular flexibility index (Phi) is 6.05. The SMILES string of the molecule is CCC(C)Sc1nc(Nc2ccc(S(C)(=N)=O)cc2)ncc1Br. The zero-order chi connectivity index (χ0) is 17.0. The Labute approximate surface area is 149 Å². The van der Waals surface area contributed by atoms with Gasteiger partial charge in [-0.15, -0.1) is 11.8 Å². The lowest BCUT2D eigenvalue weighted by atomic mass is 10.3. The first kappa shape index (κ1) is 18.2. The molecule has 1 aromatic carbocycles. The molecule has 0 aliphatic rings. The van der Waals surface area contributed by atoms with Crippen LogP contribution in [0.5, 0.6) is 0 Å². The first-order valence-electron chi connectivity index (χ1n) is 7.09. The van der Waals surface area contributed by atoms with Crippen LogP contribution in [0.1, 0.15) is 20.3 Å². The van der Waals surface area contributed by atoms with Crippen LogP contribution in [-0.4, -0.2) is 25.7 Å². The zero-order valence-electron chi connectivity index (χ0n) is 13.2. The van der Waals surface area contributed by atoms with Gasteiger partial charge in [0.1, 0.15) is 5.03 Å². The Hall–Kier alpha value is -1.12. The highest BCUT2D eigenvalue weighted by molar-refractivity contribution is 9.10. The number of halogens is 1. The molecule has 0 bridgehead atoms. The number of hydrogen-bond donors (Lipinski definition) is 2. The summed E-state index contributed by atoms with van der Waals surface area (Å²) in [5.41, 5.74) is 0.791. The Bertz CT molecular complexity index is 779. The molecule has 0 fully saturated rings. The van der Waals surface area contributed by atoms with Gasteiger partial charge in [0.05, 0.1) is 14.2 Å². The van der Waals surface area contributed by atoms with Crippen molar-refractivity contribution in [1.29, 1.82) is 4.78 Å². The summed E-state index contributed by atoms with van der Waals surface area (Å²) in [6.07, 6.45) is 4.21. The summed E-state index contributed by atoms with van der Waals surface area (Å²) in [7, 11) is -2.69. The Balaban J connectivity index is 2.18. The third kappa shape index (κ3) is 5.19. The maximum absolute atomic E-state index is 11.7. The molecule has 1 heterocycles. The fourth-order valence-electron chi connectivity index (χ4n) is 1.70. The second-order valence-electron chi connectivity index (χ2n) is 5.18. The molecule has 2 rings (SSSR count). The number of nitrogens with zero attached hydrogens (tertiary/aromatic N) is 2. The van der Waals surface area contributed by atoms with E-state index in [2.05, 4.69) is 45.1 Å². The fourth-order valence-corrected chi connectivity index (χ4v) is 3.67. The van der Waals surface area contributed by atoms with Gasteiger partial charge in [0, 0.05) is 28.3 Å². The van der Waals surface area contributed by atoms with E-state index in [-0.39, 0.29) is 0 Å². The van der Waals surface area contributed by atoms with Gasteiger partial charge >= 0.3 is 0 Å². The minimum absolute atomic E-state index is 0.475. The van der Waals surface area contributed by atoms with Crippen LogP contribution in [0.3, 0.4) is 0 Å². The van der Waals surface area contributed by atoms with Crippen LogP contribution < -0.4 is 5.32 Å². The number of aromatic nitrogens is 2. The van der Waals surface area contributed by atoms with Crippen LogP contribution >= 0.6 is 27.7 Å². The molecule has 0 spiro atoms. The van der Waals surface area contributed by atoms with Crippen LogP contribution in [0, 0.1) is 4.78 Å². The molecule has 2 atom stereocenters. The van der Waals surface area contributed by atoms with Gasteiger partial charge in [-0.05, 0) is 46.6 Å². The van der Waals surface area contributed by atoms with Crippen LogP contribution in [0.25, 0.3) is 0 Å². The number of hydrogen-bond acceptors (Lipinski definition) is 6. The predicted octanol–water partition coefficient (Wildman–Crippen LogP) is 4.91. The summed E-state index contributed by atoms with van der Waals surface area (Å²) >= 11 is 5.18. The summed E-state index contributed by atoms with van der Waals surface area (Å²) in [6.45, 7) is 4.31. The normalized spacial score (nSPS) is 15.0. The lowest BCUT2D eigenvalue weighted by molar-refractivity contribution is 0.679. The Morgan fingerprint density at radius 1 is 1.39 bits per heavy atom. The second-order valence-corrected chi connectivity index (χ2v) is 9.62. The maximum Gasteiger partial charge on any atom is 0.228 e. The minimum atomic E-state index is -2.69. The minimum Gasteiger partial charge on any atom is -0.324 e. The molecule has 0 aliphatic heterocycles. The van der Waals surface area contributed by atoms with Crippen LogP contribution in [0.2, 0.25) is 0 Å². The van der Waals surface area contributed by atoms with Crippen molar-refractivity contribution in [3.8, 4) is 0 Å². The van der Waals surface area contributed by atoms with Crippen LogP contribution in [0.15, 0.2) is 44.9 Å². The molecule has 1 aromatic heterocycles. The third-order valence-corrected chi connectivity index (χ3v) is 6.44. The van der Waals surface area contributed by atoms with Gasteiger partial charge in [-0.3, -0.25) is 0 Å². The van der Waals surface area contributed by atoms with Gasteiger partial charge in [0.15, 0.2) is 0 Å². The van der Waals surface area contributed by atoms with Gasteiger partial charge in [0.25, 0.3) is 0 Å². The van der Waals surface area contributed by atoms with E-state index in [1.165, 1.54) is 6.26 Å². The number of benzene rings is 1. The van der Waals surface area contributed by atoms with E-state index in [0.29, 0.717) is 16.1 Å². The van der Waals surface area contributed by atoms with Crippen molar-refractivity contribution in [3.05, 3.63) is 34.9 Å². The van der Waals surface area contributed by atoms with Crippen LogP contribution in [-0.2, 0) is 9.73 Å². The molecule has 2 N–H and O–H groups in total. The van der Waals surface area contributed by atoms with Gasteiger partial charge < -0.3 is 5.32 Å². The van der Waals surface area contributed by atoms with Gasteiger partial charge in [0.2, 0.25) is 5.95 Å². The molecule has 8 heteroatoms. The Morgan fingerprint density at radius 2 is 2.04 bits per heavy atom. The van der Waals surface area contributed by atoms with E-state index >= 15 is 0 Å². The van der Waals surface area contributed by atoms with Crippen molar-refractivity contribution >= 4 is 49.1 Å². The lowest BCUT2D eigenvalue weighted by Crippen LogP contribution is -2.01. The molecular formula is C15H19BrN4OS2. The average molecular weight is 415 g/mol. The molecule has 124 valence electrons. The second kappa shape index (κ2) is 7.63. The van der Waals surface area contributed by atoms with Crippen molar-refractivity contribution < 1.29 is 4.21 Å². The Morgan fingerprint density at radius 3 is 2.61 bits per heavy atom. The van der Waals surface area contributed by atoms with Crippen LogP contribution in [0.4, 0.5) is 11.6 Å². The number of anilines is 2. The lowest BCUT2D eigenvalue weighted by Gasteiger charge is -2.11. The monoisotopic (exact) mass is 414 g/mol. The summed E-state index contributed by atoms with van der Waals surface area (Å²) in [5.74, 6) is 0.509.